The van der Waals surface area contributed by atoms with Gasteiger partial charge in [0, 0.05) is 24.5 Å². The van der Waals surface area contributed by atoms with Gasteiger partial charge in [0.2, 0.25) is 0 Å². The van der Waals surface area contributed by atoms with Crippen molar-refractivity contribution < 1.29 is 4.74 Å². The summed E-state index contributed by atoms with van der Waals surface area (Å²) >= 11 is 1.81. The van der Waals surface area contributed by atoms with Crippen LogP contribution in [-0.2, 0) is 11.3 Å². The van der Waals surface area contributed by atoms with Gasteiger partial charge in [-0.15, -0.1) is 11.3 Å². The number of hydrogen-bond donors (Lipinski definition) is 1. The minimum atomic E-state index is -0.0981. The van der Waals surface area contributed by atoms with E-state index in [0.717, 1.165) is 37.0 Å². The molecule has 0 amide bonds. The summed E-state index contributed by atoms with van der Waals surface area (Å²) in [6.07, 6.45) is 0.255. The number of nitrogens with one attached hydrogen (secondary N) is 1. The van der Waals surface area contributed by atoms with E-state index in [-0.39, 0.29) is 11.7 Å². The summed E-state index contributed by atoms with van der Waals surface area (Å²) in [6, 6.07) is 0. The van der Waals surface area contributed by atoms with Crippen LogP contribution in [0.1, 0.15) is 38.3 Å². The maximum Gasteiger partial charge on any atom is 0.186 e. The van der Waals surface area contributed by atoms with E-state index in [1.807, 2.05) is 0 Å². The lowest BCUT2D eigenvalue weighted by Crippen LogP contribution is -2.52. The Kier molecular flexibility index (Phi) is 4.48. The van der Waals surface area contributed by atoms with Crippen LogP contribution in [0.4, 0.5) is 5.13 Å². The molecule has 4 nitrogen and oxygen atoms in total. The average Bonchev–Trinajstić information content (AvgIpc) is 2.65. The van der Waals surface area contributed by atoms with Crippen molar-refractivity contribution in [1.29, 1.82) is 0 Å². The van der Waals surface area contributed by atoms with Crippen LogP contribution in [0.15, 0.2) is 0 Å². The molecule has 0 saturated carbocycles. The number of morpholine rings is 1. The van der Waals surface area contributed by atoms with Crippen molar-refractivity contribution in [1.82, 2.24) is 10.3 Å². The SMILES string of the molecule is CCNCc1sc(N2CC(C)OC(C)(C)C2)nc1C. The zero-order valence-corrected chi connectivity index (χ0v) is 13.4. The zero-order valence-electron chi connectivity index (χ0n) is 12.6. The molecule has 1 atom stereocenters. The fourth-order valence-electron chi connectivity index (χ4n) is 2.55. The molecule has 2 heterocycles. The van der Waals surface area contributed by atoms with E-state index in [1.165, 1.54) is 4.88 Å². The third-order valence-corrected chi connectivity index (χ3v) is 4.48. The number of hydrogen-bond acceptors (Lipinski definition) is 5. The number of thiazole rings is 1. The van der Waals surface area contributed by atoms with Crippen LogP contribution in [0.25, 0.3) is 0 Å². The molecule has 0 aromatic carbocycles. The van der Waals surface area contributed by atoms with Crippen molar-refractivity contribution in [2.75, 3.05) is 24.5 Å². The Hall–Kier alpha value is -0.650. The summed E-state index contributed by atoms with van der Waals surface area (Å²) in [6.45, 7) is 14.4. The van der Waals surface area contributed by atoms with Gasteiger partial charge in [-0.1, -0.05) is 6.92 Å². The first kappa shape index (κ1) is 14.8. The predicted molar refractivity (Wildman–Crippen MR) is 81.1 cm³/mol. The van der Waals surface area contributed by atoms with Gasteiger partial charge in [0.05, 0.1) is 17.4 Å². The maximum absolute atomic E-state index is 5.95. The molecule has 1 fully saturated rings. The molecule has 5 heteroatoms. The summed E-state index contributed by atoms with van der Waals surface area (Å²) in [5.41, 5.74) is 1.05. The molecule has 19 heavy (non-hydrogen) atoms. The number of nitrogens with zero attached hydrogens (tertiary/aromatic N) is 2. The minimum absolute atomic E-state index is 0.0981. The Balaban J connectivity index is 2.13. The molecule has 1 saturated heterocycles. The molecule has 108 valence electrons. The molecule has 0 radical (unpaired) electrons. The topological polar surface area (TPSA) is 37.4 Å². The fourth-order valence-corrected chi connectivity index (χ4v) is 3.59. The molecular weight excluding hydrogens is 258 g/mol. The second-order valence-corrected chi connectivity index (χ2v) is 6.92. The molecule has 1 unspecified atom stereocenters. The third kappa shape index (κ3) is 3.68. The summed E-state index contributed by atoms with van der Waals surface area (Å²) < 4.78 is 5.95. The second-order valence-electron chi connectivity index (χ2n) is 5.85. The smallest absolute Gasteiger partial charge is 0.186 e. The second kappa shape index (κ2) is 5.77. The largest absolute Gasteiger partial charge is 0.369 e. The molecule has 0 bridgehead atoms. The Morgan fingerprint density at radius 2 is 2.26 bits per heavy atom. The molecule has 1 aromatic heterocycles. The van der Waals surface area contributed by atoms with Crippen LogP contribution in [0.3, 0.4) is 0 Å². The van der Waals surface area contributed by atoms with E-state index < -0.39 is 0 Å². The first-order valence-electron chi connectivity index (χ1n) is 7.01. The average molecular weight is 283 g/mol. The van der Waals surface area contributed by atoms with E-state index in [4.69, 9.17) is 9.72 Å². The standard InChI is InChI=1S/C14H25N3OS/c1-6-15-7-12-11(3)16-13(19-12)17-8-10(2)18-14(4,5)9-17/h10,15H,6-9H2,1-5H3. The molecule has 0 aliphatic carbocycles. The van der Waals surface area contributed by atoms with Gasteiger partial charge in [-0.3, -0.25) is 0 Å². The lowest BCUT2D eigenvalue weighted by molar-refractivity contribution is -0.0749. The lowest BCUT2D eigenvalue weighted by Gasteiger charge is -2.41. The van der Waals surface area contributed by atoms with Crippen LogP contribution < -0.4 is 10.2 Å². The highest BCUT2D eigenvalue weighted by atomic mass is 32.1. The molecule has 1 aliphatic heterocycles. The number of aromatic nitrogens is 1. The number of rotatable bonds is 4. The fraction of sp³-hybridized carbons (Fsp3) is 0.786. The number of aryl methyl sites for hydroxylation is 1. The summed E-state index contributed by atoms with van der Waals surface area (Å²) in [5, 5.41) is 4.51. The van der Waals surface area contributed by atoms with Crippen molar-refractivity contribution >= 4 is 16.5 Å². The predicted octanol–water partition coefficient (Wildman–Crippen LogP) is 2.56. The quantitative estimate of drug-likeness (QED) is 0.921. The highest BCUT2D eigenvalue weighted by Gasteiger charge is 2.32. The van der Waals surface area contributed by atoms with E-state index in [2.05, 4.69) is 44.8 Å². The van der Waals surface area contributed by atoms with Crippen molar-refractivity contribution in [2.24, 2.45) is 0 Å². The van der Waals surface area contributed by atoms with Gasteiger partial charge in [0.1, 0.15) is 0 Å². The van der Waals surface area contributed by atoms with Gasteiger partial charge in [0.15, 0.2) is 5.13 Å². The van der Waals surface area contributed by atoms with E-state index in [9.17, 15) is 0 Å². The van der Waals surface area contributed by atoms with Crippen molar-refractivity contribution in [3.8, 4) is 0 Å². The Morgan fingerprint density at radius 3 is 2.89 bits per heavy atom. The van der Waals surface area contributed by atoms with Gasteiger partial charge in [-0.2, -0.15) is 0 Å². The molecule has 1 aliphatic rings. The van der Waals surface area contributed by atoms with Crippen molar-refractivity contribution in [2.45, 2.75) is 52.9 Å². The molecule has 1 aromatic rings. The van der Waals surface area contributed by atoms with Gasteiger partial charge in [0.25, 0.3) is 0 Å². The minimum Gasteiger partial charge on any atom is -0.369 e. The van der Waals surface area contributed by atoms with Crippen LogP contribution in [0, 0.1) is 6.92 Å². The normalized spacial score (nSPS) is 22.8. The Labute approximate surface area is 120 Å². The van der Waals surface area contributed by atoms with Gasteiger partial charge in [-0.25, -0.2) is 4.98 Å². The molecule has 0 spiro atoms. The summed E-state index contributed by atoms with van der Waals surface area (Å²) in [4.78, 5) is 8.44. The first-order chi connectivity index (χ1) is 8.91. The highest BCUT2D eigenvalue weighted by Crippen LogP contribution is 2.31. The van der Waals surface area contributed by atoms with E-state index in [0.29, 0.717) is 0 Å². The van der Waals surface area contributed by atoms with Crippen molar-refractivity contribution in [3.05, 3.63) is 10.6 Å². The van der Waals surface area contributed by atoms with Crippen molar-refractivity contribution in [3.63, 3.8) is 0 Å². The Morgan fingerprint density at radius 1 is 1.53 bits per heavy atom. The van der Waals surface area contributed by atoms with E-state index in [1.54, 1.807) is 11.3 Å². The summed E-state index contributed by atoms with van der Waals surface area (Å²) in [7, 11) is 0. The zero-order chi connectivity index (χ0) is 14.0. The number of ether oxygens (including phenoxy) is 1. The number of anilines is 1. The van der Waals surface area contributed by atoms with Gasteiger partial charge in [-0.05, 0) is 34.2 Å². The monoisotopic (exact) mass is 283 g/mol. The van der Waals surface area contributed by atoms with Gasteiger partial charge < -0.3 is 15.0 Å². The van der Waals surface area contributed by atoms with Crippen LogP contribution in [-0.4, -0.2) is 36.3 Å². The van der Waals surface area contributed by atoms with E-state index >= 15 is 0 Å². The van der Waals surface area contributed by atoms with Gasteiger partial charge >= 0.3 is 0 Å². The Bertz CT molecular complexity index is 430. The first-order valence-corrected chi connectivity index (χ1v) is 7.82. The lowest BCUT2D eigenvalue weighted by atomic mass is 10.1. The van der Waals surface area contributed by atoms with Crippen LogP contribution in [0.2, 0.25) is 0 Å². The molecule has 1 N–H and O–H groups in total. The van der Waals surface area contributed by atoms with Crippen LogP contribution >= 0.6 is 11.3 Å². The third-order valence-electron chi connectivity index (χ3n) is 3.26. The summed E-state index contributed by atoms with van der Waals surface area (Å²) in [5.74, 6) is 0. The van der Waals surface area contributed by atoms with Crippen LogP contribution in [0.5, 0.6) is 0 Å². The molecule has 2 rings (SSSR count). The highest BCUT2D eigenvalue weighted by molar-refractivity contribution is 7.15. The molecular formula is C14H25N3OS. The maximum atomic E-state index is 5.95.